The lowest BCUT2D eigenvalue weighted by Gasteiger charge is -2.68. The molecule has 0 fully saturated rings. The smallest absolute Gasteiger partial charge is 0.170 e. The third-order valence-electron chi connectivity index (χ3n) is 7.29. The highest BCUT2D eigenvalue weighted by molar-refractivity contribution is 8.70. The summed E-state index contributed by atoms with van der Waals surface area (Å²) >= 11 is 1.44. The van der Waals surface area contributed by atoms with Crippen molar-refractivity contribution in [3.8, 4) is 0 Å². The molecule has 0 bridgehead atoms. The highest BCUT2D eigenvalue weighted by Crippen LogP contribution is 3.12. The summed E-state index contributed by atoms with van der Waals surface area (Å²) in [5.74, 6) is 0. The largest absolute Gasteiger partial charge is 0.361 e. The molecule has 4 N–H and O–H groups in total. The first kappa shape index (κ1) is 22.6. The van der Waals surface area contributed by atoms with E-state index in [1.165, 1.54) is 11.3 Å². The van der Waals surface area contributed by atoms with Crippen molar-refractivity contribution in [2.24, 2.45) is 4.40 Å². The molecular weight excluding hydrogens is 552 g/mol. The van der Waals surface area contributed by atoms with Crippen LogP contribution in [0.4, 0.5) is 0 Å². The van der Waals surface area contributed by atoms with Gasteiger partial charge < -0.3 is 15.0 Å². The van der Waals surface area contributed by atoms with E-state index in [-0.39, 0.29) is 0 Å². The van der Waals surface area contributed by atoms with Crippen molar-refractivity contribution in [1.29, 1.82) is 0 Å². The van der Waals surface area contributed by atoms with Gasteiger partial charge in [0, 0.05) is 53.8 Å². The van der Waals surface area contributed by atoms with E-state index in [1.54, 1.807) is 37.2 Å². The molecule has 0 unspecified atom stereocenters. The molecule has 0 radical (unpaired) electrons. The normalized spacial score (nSPS) is 19.1. The van der Waals surface area contributed by atoms with Gasteiger partial charge in [0.05, 0.1) is 15.6 Å². The van der Waals surface area contributed by atoms with Gasteiger partial charge in [-0.05, 0) is 49.1 Å². The van der Waals surface area contributed by atoms with Gasteiger partial charge in [0.15, 0.2) is 15.2 Å². The van der Waals surface area contributed by atoms with E-state index in [1.807, 2.05) is 48.1 Å². The van der Waals surface area contributed by atoms with Crippen molar-refractivity contribution in [3.05, 3.63) is 102 Å². The van der Waals surface area contributed by atoms with Crippen LogP contribution in [0.15, 0.2) is 119 Å². The van der Waals surface area contributed by atoms with Crippen LogP contribution in [0.1, 0.15) is 16.4 Å². The maximum absolute atomic E-state index is 5.86. The predicted octanol–water partition coefficient (Wildman–Crippen LogP) is 4.41. The number of thiazole rings is 1. The van der Waals surface area contributed by atoms with Crippen molar-refractivity contribution in [3.63, 3.8) is 0 Å². The average Bonchev–Trinajstić information content (AvgIpc) is 3.83. The zero-order valence-electron chi connectivity index (χ0n) is 20.3. The summed E-state index contributed by atoms with van der Waals surface area (Å²) in [6.07, 6.45) is 13.5. The summed E-state index contributed by atoms with van der Waals surface area (Å²) in [5.41, 5.74) is 2.70. The second kappa shape index (κ2) is 7.61. The molecule has 0 aliphatic carbocycles. The molecule has 198 valence electrons. The second-order valence-corrected chi connectivity index (χ2v) is 15.0. The van der Waals surface area contributed by atoms with Gasteiger partial charge in [-0.25, -0.2) is 23.6 Å². The fourth-order valence-corrected chi connectivity index (χ4v) is 14.0. The molecule has 1 aliphatic heterocycles. The number of H-pyrrole nitrogens is 4. The zero-order chi connectivity index (χ0) is 26.7. The van der Waals surface area contributed by atoms with E-state index >= 15 is 0 Å². The molecule has 1 aliphatic rings. The van der Waals surface area contributed by atoms with Crippen molar-refractivity contribution in [2.75, 3.05) is 0 Å². The quantitative estimate of drug-likeness (QED) is 0.215. The molecule has 0 atom stereocenters. The maximum atomic E-state index is 5.86. The lowest BCUT2D eigenvalue weighted by molar-refractivity contribution is 0.294. The van der Waals surface area contributed by atoms with Crippen molar-refractivity contribution >= 4 is 36.0 Å². The monoisotopic (exact) mass is 570 g/mol. The second-order valence-electron chi connectivity index (χ2n) is 8.93. The average molecular weight is 571 g/mol. The van der Waals surface area contributed by atoms with Gasteiger partial charge >= 0.3 is 0 Å². The summed E-state index contributed by atoms with van der Waals surface area (Å²) in [5, 5.41) is 28.9. The molecule has 8 heterocycles. The van der Waals surface area contributed by atoms with Crippen LogP contribution in [-0.2, 0) is 0 Å². The first-order valence-corrected chi connectivity index (χ1v) is 15.2. The molecule has 16 heteroatoms. The van der Waals surface area contributed by atoms with E-state index in [4.69, 9.17) is 23.6 Å². The van der Waals surface area contributed by atoms with E-state index in [9.17, 15) is 0 Å². The number of rotatable bonds is 7. The molecule has 40 heavy (non-hydrogen) atoms. The van der Waals surface area contributed by atoms with Gasteiger partial charge in [-0.1, -0.05) is 10.3 Å². The van der Waals surface area contributed by atoms with Crippen LogP contribution < -0.4 is 0 Å². The first-order chi connectivity index (χ1) is 19.8. The molecule has 0 saturated heterocycles. The Kier molecular flexibility index (Phi) is 4.30. The number of hydrogen-bond donors (Lipinski definition) is 4. The van der Waals surface area contributed by atoms with E-state index < -0.39 is 8.48 Å². The standard InChI is InChI=1S/C24H18N12O2S2/c1-3-15(25-6-1)20-21(16-5-8-30-33-16)36-40(17-4-2-7-26-17,18-13-31-37-34-18,19-14-32-38-35-19,24-28-9-10-29-24)22(20)23-27-11-12-39-23/h1-14,25-26H,(H,28,29)(H,30,33). The number of allylic oxidation sites excluding steroid dienone is 1. The Morgan fingerprint density at radius 2 is 1.60 bits per heavy atom. The molecule has 0 saturated carbocycles. The molecule has 14 nitrogen and oxygen atoms in total. The number of aromatic nitrogens is 11. The topological polar surface area (TPSA) is 192 Å². The van der Waals surface area contributed by atoms with Gasteiger partial charge in [0.2, 0.25) is 0 Å². The highest BCUT2D eigenvalue weighted by atomic mass is 32.4. The number of nitrogens with zero attached hydrogens (tertiary/aromatic N) is 8. The highest BCUT2D eigenvalue weighted by Gasteiger charge is 2.80. The fraction of sp³-hybridized carbons (Fsp3) is 0. The summed E-state index contributed by atoms with van der Waals surface area (Å²) in [4.78, 5) is 20.7. The lowest BCUT2D eigenvalue weighted by atomic mass is 10.0. The van der Waals surface area contributed by atoms with Crippen LogP contribution >= 0.6 is 19.8 Å². The van der Waals surface area contributed by atoms with E-state index in [2.05, 4.69) is 45.8 Å². The summed E-state index contributed by atoms with van der Waals surface area (Å²) < 4.78 is 16.6. The van der Waals surface area contributed by atoms with Crippen LogP contribution in [0.5, 0.6) is 0 Å². The van der Waals surface area contributed by atoms with E-state index in [0.29, 0.717) is 41.6 Å². The minimum absolute atomic E-state index is 0.330. The Morgan fingerprint density at radius 3 is 2.17 bits per heavy atom. The molecule has 7 aromatic heterocycles. The van der Waals surface area contributed by atoms with Crippen molar-refractivity contribution in [1.82, 2.24) is 55.7 Å². The first-order valence-electron chi connectivity index (χ1n) is 11.9. The Labute approximate surface area is 227 Å². The van der Waals surface area contributed by atoms with Gasteiger partial charge in [0.1, 0.15) is 23.1 Å². The predicted molar refractivity (Wildman–Crippen MR) is 143 cm³/mol. The molecular formula is C24H18N12O2S2. The van der Waals surface area contributed by atoms with Crippen molar-refractivity contribution < 1.29 is 9.26 Å². The number of hydrogen-bond acceptors (Lipinski definition) is 11. The van der Waals surface area contributed by atoms with Crippen LogP contribution in [0, 0.1) is 0 Å². The third kappa shape index (κ3) is 2.25. The van der Waals surface area contributed by atoms with Crippen LogP contribution in [0.3, 0.4) is 0 Å². The SMILES string of the molecule is c1c[nH]c(C2=C(c3nccs3)S(c3cnon3)(c3cnon3)(c3ccc[nH]3)(c3ncc[nH]3)N=C2c2ccn[nH]2)c1. The summed E-state index contributed by atoms with van der Waals surface area (Å²) in [6, 6.07) is 9.54. The number of aromatic amines is 4. The van der Waals surface area contributed by atoms with E-state index in [0.717, 1.165) is 11.3 Å². The Balaban J connectivity index is 1.81. The minimum Gasteiger partial charge on any atom is -0.361 e. The Hall–Kier alpha value is -5.35. The van der Waals surface area contributed by atoms with Gasteiger partial charge in [-0.3, -0.25) is 5.10 Å². The molecule has 8 rings (SSSR count). The third-order valence-corrected chi connectivity index (χ3v) is 15.2. The summed E-state index contributed by atoms with van der Waals surface area (Å²) in [7, 11) is -5.26. The maximum Gasteiger partial charge on any atom is 0.170 e. The van der Waals surface area contributed by atoms with Crippen molar-refractivity contribution in [2.45, 2.75) is 20.2 Å². The Bertz CT molecular complexity index is 1820. The lowest BCUT2D eigenvalue weighted by Crippen LogP contribution is -2.38. The number of nitrogens with one attached hydrogen (secondary N) is 4. The van der Waals surface area contributed by atoms with Crippen LogP contribution in [0.25, 0.3) is 10.5 Å². The zero-order valence-corrected chi connectivity index (χ0v) is 21.9. The molecule has 7 aromatic rings. The molecule has 0 aromatic carbocycles. The Morgan fingerprint density at radius 1 is 0.775 bits per heavy atom. The van der Waals surface area contributed by atoms with Gasteiger partial charge in [-0.15, -0.1) is 11.3 Å². The number of imidazole rings is 1. The van der Waals surface area contributed by atoms with Crippen LogP contribution in [-0.4, -0.2) is 61.5 Å². The summed E-state index contributed by atoms with van der Waals surface area (Å²) in [6.45, 7) is 0. The van der Waals surface area contributed by atoms with Crippen LogP contribution in [0.2, 0.25) is 0 Å². The fourth-order valence-electron chi connectivity index (χ4n) is 5.78. The minimum atomic E-state index is -5.26. The molecule has 0 amide bonds. The van der Waals surface area contributed by atoms with Gasteiger partial charge in [0.25, 0.3) is 0 Å². The molecule has 0 spiro atoms. The van der Waals surface area contributed by atoms with Gasteiger partial charge in [-0.2, -0.15) is 5.10 Å².